The largest absolute Gasteiger partial charge is 0.456 e. The van der Waals surface area contributed by atoms with E-state index in [0.29, 0.717) is 0 Å². The molecule has 1 aromatic heterocycles. The lowest BCUT2D eigenvalue weighted by Gasteiger charge is -2.29. The number of carbonyl (C=O) groups is 3. The Morgan fingerprint density at radius 1 is 0.818 bits per heavy atom. The van der Waals surface area contributed by atoms with Gasteiger partial charge in [0, 0.05) is 12.3 Å². The number of nitrogens with zero attached hydrogens (tertiary/aromatic N) is 2. The lowest BCUT2D eigenvalue weighted by molar-refractivity contribution is -0.127. The number of aromatic nitrogens is 2. The quantitative estimate of drug-likeness (QED) is 0.236. The van der Waals surface area contributed by atoms with Crippen LogP contribution in [0.25, 0.3) is 0 Å². The van der Waals surface area contributed by atoms with Crippen molar-refractivity contribution in [2.45, 2.75) is 37.1 Å². The predicted octanol–water partition coefficient (Wildman–Crippen LogP) is 2.81. The van der Waals surface area contributed by atoms with Gasteiger partial charge in [-0.25, -0.2) is 19.2 Å². The monoisotopic (exact) mass is 595 g/mol. The summed E-state index contributed by atoms with van der Waals surface area (Å²) in [6.45, 7) is 1.44. The predicted molar refractivity (Wildman–Crippen MR) is 152 cm³/mol. The summed E-state index contributed by atoms with van der Waals surface area (Å²) in [5.41, 5.74) is -3.87. The van der Waals surface area contributed by atoms with E-state index in [4.69, 9.17) is 18.9 Å². The minimum absolute atomic E-state index is 0.0910. The van der Waals surface area contributed by atoms with Crippen LogP contribution in [0, 0.1) is 11.3 Å². The van der Waals surface area contributed by atoms with Gasteiger partial charge in [0.1, 0.15) is 18.3 Å². The van der Waals surface area contributed by atoms with E-state index in [1.165, 1.54) is 43.3 Å². The third-order valence-corrected chi connectivity index (χ3v) is 6.93. The zero-order valence-electron chi connectivity index (χ0n) is 23.2. The molecule has 4 aromatic rings. The lowest BCUT2D eigenvalue weighted by Crippen LogP contribution is -2.53. The van der Waals surface area contributed by atoms with E-state index in [-0.39, 0.29) is 16.7 Å². The Hall–Kier alpha value is -5.80. The van der Waals surface area contributed by atoms with Crippen LogP contribution in [0.1, 0.15) is 38.0 Å². The Kier molecular flexibility index (Phi) is 8.50. The molecule has 1 aliphatic heterocycles. The summed E-state index contributed by atoms with van der Waals surface area (Å²) in [6, 6.07) is 26.6. The Bertz CT molecular complexity index is 1820. The highest BCUT2D eigenvalue weighted by Crippen LogP contribution is 2.41. The molecule has 1 aliphatic rings. The van der Waals surface area contributed by atoms with Crippen molar-refractivity contribution < 1.29 is 33.3 Å². The Balaban J connectivity index is 1.62. The molecular formula is C32H25N3O9. The molecule has 2 heterocycles. The van der Waals surface area contributed by atoms with Crippen LogP contribution in [-0.2, 0) is 24.7 Å². The van der Waals surface area contributed by atoms with Crippen molar-refractivity contribution in [1.29, 1.82) is 5.26 Å². The van der Waals surface area contributed by atoms with Crippen LogP contribution >= 0.6 is 0 Å². The Morgan fingerprint density at radius 3 is 1.82 bits per heavy atom. The van der Waals surface area contributed by atoms with Crippen LogP contribution in [0.15, 0.2) is 113 Å². The maximum atomic E-state index is 13.4. The van der Waals surface area contributed by atoms with Gasteiger partial charge in [-0.3, -0.25) is 14.3 Å². The number of esters is 3. The second-order valence-corrected chi connectivity index (χ2v) is 9.78. The summed E-state index contributed by atoms with van der Waals surface area (Å²) in [5.74, 6) is -2.54. The normalized spacial score (nSPS) is 21.4. The minimum Gasteiger partial charge on any atom is -0.456 e. The fourth-order valence-corrected chi connectivity index (χ4v) is 4.79. The summed E-state index contributed by atoms with van der Waals surface area (Å²) in [4.78, 5) is 66.6. The van der Waals surface area contributed by atoms with Crippen molar-refractivity contribution in [3.05, 3.63) is 141 Å². The van der Waals surface area contributed by atoms with E-state index in [0.717, 1.165) is 16.8 Å². The van der Waals surface area contributed by atoms with Crippen LogP contribution < -0.4 is 11.2 Å². The number of ether oxygens (including phenoxy) is 4. The van der Waals surface area contributed by atoms with E-state index in [2.05, 4.69) is 0 Å². The molecule has 12 heteroatoms. The molecule has 222 valence electrons. The molecule has 0 unspecified atom stereocenters. The fourth-order valence-electron chi connectivity index (χ4n) is 4.79. The SMILES string of the molecule is C[C@@H](OC(=O)c1ccccc1)[C@H]1O[C@@](C#N)(n2ccc(=O)[nH]c2=O)[C@H](OC(=O)c2ccccc2)[C@@H]1OC(=O)c1ccccc1. The number of H-pyrrole nitrogens is 1. The molecule has 0 saturated carbocycles. The Morgan fingerprint density at radius 2 is 1.32 bits per heavy atom. The first kappa shape index (κ1) is 29.7. The maximum Gasteiger partial charge on any atom is 0.338 e. The minimum atomic E-state index is -2.48. The molecule has 1 saturated heterocycles. The van der Waals surface area contributed by atoms with Crippen LogP contribution in [0.3, 0.4) is 0 Å². The van der Waals surface area contributed by atoms with Crippen LogP contribution in [-0.4, -0.2) is 51.9 Å². The molecule has 0 bridgehead atoms. The molecule has 0 spiro atoms. The number of hydrogen-bond acceptors (Lipinski definition) is 10. The summed E-state index contributed by atoms with van der Waals surface area (Å²) in [6.07, 6.45) is -5.05. The molecule has 44 heavy (non-hydrogen) atoms. The molecule has 12 nitrogen and oxygen atoms in total. The second kappa shape index (κ2) is 12.6. The average Bonchev–Trinajstić information content (AvgIpc) is 3.35. The average molecular weight is 596 g/mol. The highest BCUT2D eigenvalue weighted by Gasteiger charge is 2.64. The smallest absolute Gasteiger partial charge is 0.338 e. The van der Waals surface area contributed by atoms with E-state index < -0.39 is 59.3 Å². The molecule has 0 aliphatic carbocycles. The standard InChI is InChI=1S/C32H25N3O9/c1-20(41-28(37)21-11-5-2-6-12-21)25-26(42-29(38)22-13-7-3-8-14-22)27(43-30(39)23-15-9-4-10-16-23)32(19-33,44-25)35-18-17-24(36)34-31(35)40/h2-18,20,25-27H,1H3,(H,34,36,40)/t20-,25-,26-,27-,32-/m1/s1. The van der Waals surface area contributed by atoms with Gasteiger partial charge in [0.05, 0.1) is 16.7 Å². The number of nitriles is 1. The van der Waals surface area contributed by atoms with Gasteiger partial charge in [-0.1, -0.05) is 54.6 Å². The van der Waals surface area contributed by atoms with E-state index in [9.17, 15) is 29.2 Å². The number of aromatic amines is 1. The number of benzene rings is 3. The van der Waals surface area contributed by atoms with Crippen molar-refractivity contribution in [1.82, 2.24) is 9.55 Å². The molecule has 5 rings (SSSR count). The van der Waals surface area contributed by atoms with Gasteiger partial charge in [-0.2, -0.15) is 5.26 Å². The molecule has 5 atom stereocenters. The zero-order chi connectivity index (χ0) is 31.3. The number of nitrogens with one attached hydrogen (secondary N) is 1. The van der Waals surface area contributed by atoms with Crippen LogP contribution in [0.5, 0.6) is 0 Å². The van der Waals surface area contributed by atoms with Gasteiger partial charge < -0.3 is 18.9 Å². The maximum absolute atomic E-state index is 13.4. The molecule has 0 radical (unpaired) electrons. The van der Waals surface area contributed by atoms with E-state index in [1.807, 2.05) is 11.1 Å². The summed E-state index contributed by atoms with van der Waals surface area (Å²) in [5, 5.41) is 10.6. The fraction of sp³-hybridized carbons (Fsp3) is 0.188. The topological polar surface area (TPSA) is 167 Å². The third-order valence-electron chi connectivity index (χ3n) is 6.93. The van der Waals surface area contributed by atoms with Crippen molar-refractivity contribution in [2.75, 3.05) is 0 Å². The van der Waals surface area contributed by atoms with Gasteiger partial charge in [0.2, 0.25) is 6.10 Å². The first-order valence-electron chi connectivity index (χ1n) is 13.4. The lowest BCUT2D eigenvalue weighted by atomic mass is 10.00. The highest BCUT2D eigenvalue weighted by molar-refractivity contribution is 5.91. The molecule has 0 amide bonds. The summed E-state index contributed by atoms with van der Waals surface area (Å²) in [7, 11) is 0. The first-order valence-corrected chi connectivity index (χ1v) is 13.4. The summed E-state index contributed by atoms with van der Waals surface area (Å²) >= 11 is 0. The van der Waals surface area contributed by atoms with Crippen LogP contribution in [0.4, 0.5) is 0 Å². The Labute approximate surface area is 250 Å². The molecular weight excluding hydrogens is 570 g/mol. The van der Waals surface area contributed by atoms with Crippen molar-refractivity contribution in [3.8, 4) is 6.07 Å². The van der Waals surface area contributed by atoms with Gasteiger partial charge >= 0.3 is 23.6 Å². The number of rotatable bonds is 8. The van der Waals surface area contributed by atoms with E-state index in [1.54, 1.807) is 54.6 Å². The van der Waals surface area contributed by atoms with Gasteiger partial charge in [0.15, 0.2) is 6.10 Å². The highest BCUT2D eigenvalue weighted by atomic mass is 16.7. The first-order chi connectivity index (χ1) is 21.2. The molecule has 3 aromatic carbocycles. The van der Waals surface area contributed by atoms with Crippen molar-refractivity contribution in [3.63, 3.8) is 0 Å². The number of hydrogen-bond donors (Lipinski definition) is 1. The van der Waals surface area contributed by atoms with E-state index >= 15 is 0 Å². The van der Waals surface area contributed by atoms with Crippen LogP contribution in [0.2, 0.25) is 0 Å². The van der Waals surface area contributed by atoms with Gasteiger partial charge in [0.25, 0.3) is 11.3 Å². The molecule has 1 N–H and O–H groups in total. The van der Waals surface area contributed by atoms with Gasteiger partial charge in [-0.05, 0) is 43.3 Å². The molecule has 1 fully saturated rings. The van der Waals surface area contributed by atoms with Crippen molar-refractivity contribution in [2.24, 2.45) is 0 Å². The second-order valence-electron chi connectivity index (χ2n) is 9.78. The zero-order valence-corrected chi connectivity index (χ0v) is 23.2. The van der Waals surface area contributed by atoms with Gasteiger partial charge in [-0.15, -0.1) is 0 Å². The third kappa shape index (κ3) is 5.90. The summed E-state index contributed by atoms with van der Waals surface area (Å²) < 4.78 is 24.2. The van der Waals surface area contributed by atoms with Crippen molar-refractivity contribution >= 4 is 17.9 Å². The number of carbonyl (C=O) groups excluding carboxylic acids is 3.